The lowest BCUT2D eigenvalue weighted by atomic mass is 10.1. The molecule has 1 N–H and O–H groups in total. The molecule has 0 atom stereocenters. The predicted octanol–water partition coefficient (Wildman–Crippen LogP) is 4.87. The minimum absolute atomic E-state index is 0.0207. The third-order valence-corrected chi connectivity index (χ3v) is 5.72. The fraction of sp³-hybridized carbons (Fsp3) is 0.391. The highest BCUT2D eigenvalue weighted by molar-refractivity contribution is 7.09. The minimum atomic E-state index is -0.0207. The van der Waals surface area contributed by atoms with Gasteiger partial charge in [-0.2, -0.15) is 0 Å². The summed E-state index contributed by atoms with van der Waals surface area (Å²) in [5.74, 6) is 1.25. The summed E-state index contributed by atoms with van der Waals surface area (Å²) in [7, 11) is 1.67. The number of rotatable bonds is 8. The zero-order chi connectivity index (χ0) is 21.0. The molecule has 2 heterocycles. The number of aromatic nitrogens is 2. The van der Waals surface area contributed by atoms with Crippen LogP contribution in [0.1, 0.15) is 40.5 Å². The van der Waals surface area contributed by atoms with Crippen LogP contribution in [-0.4, -0.2) is 29.1 Å². The molecule has 0 spiro atoms. The third kappa shape index (κ3) is 5.07. The zero-order valence-corrected chi connectivity index (χ0v) is 18.6. The predicted molar refractivity (Wildman–Crippen MR) is 119 cm³/mol. The van der Waals surface area contributed by atoms with Crippen molar-refractivity contribution in [2.45, 2.75) is 40.7 Å². The van der Waals surface area contributed by atoms with E-state index in [2.05, 4.69) is 46.2 Å². The molecular formula is C23H29N3O2S. The van der Waals surface area contributed by atoms with Crippen molar-refractivity contribution in [3.63, 3.8) is 0 Å². The number of ether oxygens (including phenoxy) is 1. The summed E-state index contributed by atoms with van der Waals surface area (Å²) in [4.78, 5) is 17.4. The summed E-state index contributed by atoms with van der Waals surface area (Å²) in [5, 5.41) is 6.12. The normalized spacial score (nSPS) is 11.1. The fourth-order valence-electron chi connectivity index (χ4n) is 3.28. The number of hydrogen-bond acceptors (Lipinski definition) is 4. The third-order valence-electron chi connectivity index (χ3n) is 4.95. The lowest BCUT2D eigenvalue weighted by molar-refractivity contribution is 0.0948. The second-order valence-electron chi connectivity index (χ2n) is 7.63. The van der Waals surface area contributed by atoms with Crippen LogP contribution in [-0.2, 0) is 13.0 Å². The smallest absolute Gasteiger partial charge is 0.253 e. The van der Waals surface area contributed by atoms with Crippen LogP contribution < -0.4 is 10.1 Å². The number of aryl methyl sites for hydroxylation is 2. The molecule has 0 radical (unpaired) electrons. The second kappa shape index (κ2) is 9.27. The van der Waals surface area contributed by atoms with Gasteiger partial charge >= 0.3 is 0 Å². The van der Waals surface area contributed by atoms with Crippen LogP contribution in [0.25, 0.3) is 11.4 Å². The second-order valence-corrected chi connectivity index (χ2v) is 8.70. The quantitative estimate of drug-likeness (QED) is 0.576. The van der Waals surface area contributed by atoms with Gasteiger partial charge in [0.2, 0.25) is 0 Å². The van der Waals surface area contributed by atoms with Crippen LogP contribution in [0.4, 0.5) is 0 Å². The number of methoxy groups -OCH3 is 1. The van der Waals surface area contributed by atoms with Gasteiger partial charge in [-0.3, -0.25) is 4.79 Å². The number of hydrogen-bond donors (Lipinski definition) is 1. The van der Waals surface area contributed by atoms with E-state index < -0.39 is 0 Å². The summed E-state index contributed by atoms with van der Waals surface area (Å²) in [6.07, 6.45) is 0.864. The van der Waals surface area contributed by atoms with Gasteiger partial charge in [-0.15, -0.1) is 11.3 Å². The number of carbonyl (C=O) groups excluding carboxylic acids is 1. The molecule has 1 aromatic carbocycles. The number of nitrogens with one attached hydrogen (secondary N) is 1. The van der Waals surface area contributed by atoms with Crippen molar-refractivity contribution in [1.82, 2.24) is 14.9 Å². The van der Waals surface area contributed by atoms with E-state index in [1.54, 1.807) is 18.4 Å². The van der Waals surface area contributed by atoms with Gasteiger partial charge in [0.1, 0.15) is 5.75 Å². The van der Waals surface area contributed by atoms with E-state index in [0.29, 0.717) is 12.5 Å². The van der Waals surface area contributed by atoms with E-state index in [-0.39, 0.29) is 5.91 Å². The highest BCUT2D eigenvalue weighted by Gasteiger charge is 2.20. The first-order chi connectivity index (χ1) is 13.9. The van der Waals surface area contributed by atoms with E-state index in [0.717, 1.165) is 46.4 Å². The van der Waals surface area contributed by atoms with Crippen molar-refractivity contribution in [3.8, 4) is 17.1 Å². The number of carbonyl (C=O) groups is 1. The Hall–Kier alpha value is -2.60. The highest BCUT2D eigenvalue weighted by atomic mass is 32.1. The molecule has 0 fully saturated rings. The summed E-state index contributed by atoms with van der Waals surface area (Å²) in [6.45, 7) is 9.65. The number of amides is 1. The molecule has 0 saturated heterocycles. The van der Waals surface area contributed by atoms with Gasteiger partial charge < -0.3 is 14.6 Å². The SMILES string of the molecule is COc1ccc(CCn2c(-c3csc(C)n3)cc(C(=O)NCC(C)C)c2C)cc1. The van der Waals surface area contributed by atoms with Crippen molar-refractivity contribution in [1.29, 1.82) is 0 Å². The summed E-state index contributed by atoms with van der Waals surface area (Å²) < 4.78 is 7.45. The molecule has 0 aliphatic carbocycles. The van der Waals surface area contributed by atoms with E-state index in [9.17, 15) is 4.79 Å². The Bertz CT molecular complexity index is 971. The fourth-order valence-corrected chi connectivity index (χ4v) is 3.89. The first kappa shape index (κ1) is 21.1. The lowest BCUT2D eigenvalue weighted by Crippen LogP contribution is -2.27. The first-order valence-electron chi connectivity index (χ1n) is 9.92. The van der Waals surface area contributed by atoms with Crippen LogP contribution in [0.5, 0.6) is 5.75 Å². The maximum atomic E-state index is 12.8. The number of nitrogens with zero attached hydrogens (tertiary/aromatic N) is 2. The molecule has 0 aliphatic heterocycles. The summed E-state index contributed by atoms with van der Waals surface area (Å²) in [6, 6.07) is 10.1. The van der Waals surface area contributed by atoms with Crippen LogP contribution in [0, 0.1) is 19.8 Å². The minimum Gasteiger partial charge on any atom is -0.497 e. The van der Waals surface area contributed by atoms with Crippen molar-refractivity contribution >= 4 is 17.2 Å². The standard InChI is InChI=1S/C23H29N3O2S/c1-15(2)13-24-23(27)20-12-22(21-14-29-17(4)25-21)26(16(20)3)11-10-18-6-8-19(28-5)9-7-18/h6-9,12,14-15H,10-11,13H2,1-5H3,(H,24,27). The molecule has 6 heteroatoms. The van der Waals surface area contributed by atoms with Crippen molar-refractivity contribution < 1.29 is 9.53 Å². The van der Waals surface area contributed by atoms with Gasteiger partial charge in [0, 0.05) is 24.2 Å². The highest BCUT2D eigenvalue weighted by Crippen LogP contribution is 2.28. The zero-order valence-electron chi connectivity index (χ0n) is 17.8. The average Bonchev–Trinajstić information content (AvgIpc) is 3.28. The van der Waals surface area contributed by atoms with E-state index in [4.69, 9.17) is 4.74 Å². The van der Waals surface area contributed by atoms with E-state index >= 15 is 0 Å². The molecule has 29 heavy (non-hydrogen) atoms. The van der Waals surface area contributed by atoms with Gasteiger partial charge in [0.25, 0.3) is 5.91 Å². The van der Waals surface area contributed by atoms with E-state index in [1.165, 1.54) is 5.56 Å². The maximum Gasteiger partial charge on any atom is 0.253 e. The Balaban J connectivity index is 1.89. The van der Waals surface area contributed by atoms with Crippen LogP contribution in [0.15, 0.2) is 35.7 Å². The van der Waals surface area contributed by atoms with Gasteiger partial charge in [-0.1, -0.05) is 26.0 Å². The molecular weight excluding hydrogens is 382 g/mol. The number of benzene rings is 1. The molecule has 1 amide bonds. The van der Waals surface area contributed by atoms with Crippen LogP contribution in [0.3, 0.4) is 0 Å². The first-order valence-corrected chi connectivity index (χ1v) is 10.8. The molecule has 154 valence electrons. The Morgan fingerprint density at radius 1 is 1.24 bits per heavy atom. The largest absolute Gasteiger partial charge is 0.497 e. The van der Waals surface area contributed by atoms with Crippen molar-refractivity contribution in [2.75, 3.05) is 13.7 Å². The van der Waals surface area contributed by atoms with Gasteiger partial charge in [0.15, 0.2) is 0 Å². The van der Waals surface area contributed by atoms with Gasteiger partial charge in [0.05, 0.1) is 29.1 Å². The molecule has 0 saturated carbocycles. The molecule has 0 unspecified atom stereocenters. The Kier molecular flexibility index (Phi) is 6.75. The van der Waals surface area contributed by atoms with Gasteiger partial charge in [-0.05, 0) is 49.9 Å². The monoisotopic (exact) mass is 411 g/mol. The molecule has 3 rings (SSSR count). The Labute approximate surface area is 176 Å². The summed E-state index contributed by atoms with van der Waals surface area (Å²) >= 11 is 1.63. The molecule has 5 nitrogen and oxygen atoms in total. The summed E-state index contributed by atoms with van der Waals surface area (Å²) in [5.41, 5.74) is 4.84. The molecule has 0 bridgehead atoms. The Morgan fingerprint density at radius 2 is 1.97 bits per heavy atom. The topological polar surface area (TPSA) is 56.2 Å². The van der Waals surface area contributed by atoms with Crippen LogP contribution in [0.2, 0.25) is 0 Å². The van der Waals surface area contributed by atoms with Gasteiger partial charge in [-0.25, -0.2) is 4.98 Å². The average molecular weight is 412 g/mol. The maximum absolute atomic E-state index is 12.8. The van der Waals surface area contributed by atoms with E-state index in [1.807, 2.05) is 32.0 Å². The van der Waals surface area contributed by atoms with Crippen LogP contribution >= 0.6 is 11.3 Å². The van der Waals surface area contributed by atoms with Crippen molar-refractivity contribution in [3.05, 3.63) is 57.5 Å². The van der Waals surface area contributed by atoms with Crippen molar-refractivity contribution in [2.24, 2.45) is 5.92 Å². The Morgan fingerprint density at radius 3 is 2.55 bits per heavy atom. The molecule has 3 aromatic rings. The lowest BCUT2D eigenvalue weighted by Gasteiger charge is -2.12. The molecule has 2 aromatic heterocycles. The number of thiazole rings is 1. The molecule has 0 aliphatic rings.